The van der Waals surface area contributed by atoms with Gasteiger partial charge in [0, 0.05) is 18.1 Å². The molecule has 12 heteroatoms. The second kappa shape index (κ2) is 8.85. The highest BCUT2D eigenvalue weighted by Gasteiger charge is 2.34. The summed E-state index contributed by atoms with van der Waals surface area (Å²) in [5.41, 5.74) is -2.28. The average molecular weight is 504 g/mol. The number of carbonyl (C=O) groups is 2. The molecule has 0 bridgehead atoms. The molecule has 1 aliphatic rings. The number of benzene rings is 1. The lowest BCUT2D eigenvalue weighted by atomic mass is 10.0. The van der Waals surface area contributed by atoms with Gasteiger partial charge in [0.2, 0.25) is 0 Å². The van der Waals surface area contributed by atoms with Gasteiger partial charge in [0.25, 0.3) is 11.5 Å². The molecule has 1 unspecified atom stereocenters. The van der Waals surface area contributed by atoms with Gasteiger partial charge in [-0.1, -0.05) is 12.1 Å². The summed E-state index contributed by atoms with van der Waals surface area (Å²) < 4.78 is 45.3. The predicted molar refractivity (Wildman–Crippen MR) is 124 cm³/mol. The minimum Gasteiger partial charge on any atom is -0.506 e. The van der Waals surface area contributed by atoms with E-state index in [1.807, 2.05) is 0 Å². The second-order valence-electron chi connectivity index (χ2n) is 9.24. The minimum absolute atomic E-state index is 0.114. The number of amides is 1. The molecule has 1 amide bonds. The summed E-state index contributed by atoms with van der Waals surface area (Å²) in [6.07, 6.45) is -3.60. The number of anilines is 1. The third kappa shape index (κ3) is 4.70. The normalized spacial score (nSPS) is 15.3. The molecule has 1 atom stereocenters. The van der Waals surface area contributed by atoms with Crippen LogP contribution in [-0.2, 0) is 15.7 Å². The van der Waals surface area contributed by atoms with Gasteiger partial charge in [-0.3, -0.25) is 23.9 Å². The first kappa shape index (κ1) is 25.0. The van der Waals surface area contributed by atoms with E-state index in [0.29, 0.717) is 11.3 Å². The SMILES string of the molecule is CC(C)(C)OC(=O)CNC(=O)c1c(O)c2cccc3c2n(c1=O)C(c1ccc(C(F)(F)F)nc1)CN3. The molecule has 3 N–H and O–H groups in total. The number of pyridine rings is 2. The molecule has 0 saturated heterocycles. The number of para-hydroxylation sites is 1. The van der Waals surface area contributed by atoms with Crippen molar-refractivity contribution in [1.29, 1.82) is 0 Å². The Labute approximate surface area is 202 Å². The largest absolute Gasteiger partial charge is 0.506 e. The number of nitrogens with one attached hydrogen (secondary N) is 2. The fourth-order valence-electron chi connectivity index (χ4n) is 4.05. The summed E-state index contributed by atoms with van der Waals surface area (Å²) in [7, 11) is 0. The molecule has 1 aliphatic heterocycles. The molecule has 3 aromatic rings. The van der Waals surface area contributed by atoms with E-state index in [2.05, 4.69) is 15.6 Å². The molecular weight excluding hydrogens is 481 g/mol. The molecule has 0 spiro atoms. The second-order valence-corrected chi connectivity index (χ2v) is 9.24. The average Bonchev–Trinajstić information content (AvgIpc) is 2.79. The molecule has 0 radical (unpaired) electrons. The Hall–Kier alpha value is -4.09. The zero-order valence-corrected chi connectivity index (χ0v) is 19.6. The maximum Gasteiger partial charge on any atom is 0.433 e. The summed E-state index contributed by atoms with van der Waals surface area (Å²) in [6, 6.07) is 5.98. The Balaban J connectivity index is 1.79. The van der Waals surface area contributed by atoms with Gasteiger partial charge in [-0.15, -0.1) is 0 Å². The van der Waals surface area contributed by atoms with Gasteiger partial charge < -0.3 is 20.5 Å². The van der Waals surface area contributed by atoms with Gasteiger partial charge >= 0.3 is 12.1 Å². The van der Waals surface area contributed by atoms with E-state index in [4.69, 9.17) is 4.74 Å². The van der Waals surface area contributed by atoms with E-state index in [9.17, 15) is 32.7 Å². The lowest BCUT2D eigenvalue weighted by Crippen LogP contribution is -2.41. The lowest BCUT2D eigenvalue weighted by molar-refractivity contribution is -0.153. The fourth-order valence-corrected chi connectivity index (χ4v) is 4.05. The van der Waals surface area contributed by atoms with E-state index in [1.54, 1.807) is 32.9 Å². The first-order valence-corrected chi connectivity index (χ1v) is 10.9. The molecule has 2 aromatic heterocycles. The summed E-state index contributed by atoms with van der Waals surface area (Å²) >= 11 is 0. The Kier molecular flexibility index (Phi) is 6.15. The van der Waals surface area contributed by atoms with Crippen LogP contribution >= 0.6 is 0 Å². The Bertz CT molecular complexity index is 1410. The predicted octanol–water partition coefficient (Wildman–Crippen LogP) is 3.21. The Morgan fingerprint density at radius 2 is 1.94 bits per heavy atom. The number of alkyl halides is 3. The van der Waals surface area contributed by atoms with Gasteiger partial charge in [0.05, 0.1) is 17.2 Å². The number of esters is 1. The van der Waals surface area contributed by atoms with Crippen LogP contribution in [0.5, 0.6) is 5.75 Å². The van der Waals surface area contributed by atoms with Crippen LogP contribution in [0.2, 0.25) is 0 Å². The van der Waals surface area contributed by atoms with Gasteiger partial charge in [-0.05, 0) is 44.5 Å². The lowest BCUT2D eigenvalue weighted by Gasteiger charge is -2.30. The van der Waals surface area contributed by atoms with Crippen molar-refractivity contribution in [2.75, 3.05) is 18.4 Å². The molecule has 3 heterocycles. The van der Waals surface area contributed by atoms with Crippen LogP contribution in [0.25, 0.3) is 10.9 Å². The van der Waals surface area contributed by atoms with Crippen molar-refractivity contribution in [1.82, 2.24) is 14.9 Å². The van der Waals surface area contributed by atoms with Crippen LogP contribution in [0, 0.1) is 0 Å². The van der Waals surface area contributed by atoms with Crippen LogP contribution in [0.15, 0.2) is 41.3 Å². The third-order valence-electron chi connectivity index (χ3n) is 5.50. The monoisotopic (exact) mass is 504 g/mol. The molecule has 36 heavy (non-hydrogen) atoms. The molecule has 0 fully saturated rings. The summed E-state index contributed by atoms with van der Waals surface area (Å²) in [5.74, 6) is -2.32. The number of hydrogen-bond acceptors (Lipinski definition) is 7. The van der Waals surface area contributed by atoms with Crippen molar-refractivity contribution in [2.45, 2.75) is 38.6 Å². The summed E-state index contributed by atoms with van der Waals surface area (Å²) in [6.45, 7) is 4.53. The molecular formula is C24H23F3N4O5. The van der Waals surface area contributed by atoms with E-state index in [0.717, 1.165) is 12.3 Å². The van der Waals surface area contributed by atoms with Crippen molar-refractivity contribution in [3.63, 3.8) is 0 Å². The van der Waals surface area contributed by atoms with Crippen molar-refractivity contribution >= 4 is 28.5 Å². The van der Waals surface area contributed by atoms with Crippen molar-refractivity contribution in [2.24, 2.45) is 0 Å². The van der Waals surface area contributed by atoms with Gasteiger partial charge in [0.1, 0.15) is 29.2 Å². The van der Waals surface area contributed by atoms with Crippen LogP contribution in [0.1, 0.15) is 48.4 Å². The van der Waals surface area contributed by atoms with Crippen molar-refractivity contribution < 1.29 is 32.6 Å². The molecule has 9 nitrogen and oxygen atoms in total. The molecule has 1 aromatic carbocycles. The highest BCUT2D eigenvalue weighted by Crippen LogP contribution is 2.37. The van der Waals surface area contributed by atoms with Gasteiger partial charge in [0.15, 0.2) is 0 Å². The Morgan fingerprint density at radius 3 is 2.56 bits per heavy atom. The number of ether oxygens (including phenoxy) is 1. The highest BCUT2D eigenvalue weighted by molar-refractivity contribution is 6.05. The highest BCUT2D eigenvalue weighted by atomic mass is 19.4. The molecule has 4 rings (SSSR count). The van der Waals surface area contributed by atoms with E-state index >= 15 is 0 Å². The topological polar surface area (TPSA) is 123 Å². The molecule has 190 valence electrons. The van der Waals surface area contributed by atoms with Crippen LogP contribution in [0.3, 0.4) is 0 Å². The van der Waals surface area contributed by atoms with Crippen LogP contribution < -0.4 is 16.2 Å². The first-order valence-electron chi connectivity index (χ1n) is 10.9. The standard InChI is InChI=1S/C24H23F3N4O5/c1-23(2,3)36-17(32)11-30-21(34)18-20(33)13-5-4-6-14-19(13)31(22(18)35)15(10-28-14)12-7-8-16(29-9-12)24(25,26)27/h4-9,15,28,33H,10-11H2,1-3H3,(H,30,34). The number of aromatic hydroxyl groups is 1. The fraction of sp³-hybridized carbons (Fsp3) is 0.333. The number of carbonyl (C=O) groups excluding carboxylic acids is 2. The number of aromatic nitrogens is 2. The molecule has 0 aliphatic carbocycles. The zero-order chi connectivity index (χ0) is 26.4. The maximum atomic E-state index is 13.5. The minimum atomic E-state index is -4.63. The first-order chi connectivity index (χ1) is 16.8. The van der Waals surface area contributed by atoms with E-state index in [1.165, 1.54) is 16.7 Å². The number of rotatable bonds is 4. The quantitative estimate of drug-likeness (QED) is 0.467. The summed E-state index contributed by atoms with van der Waals surface area (Å²) in [4.78, 5) is 42.0. The van der Waals surface area contributed by atoms with Crippen LogP contribution in [0.4, 0.5) is 18.9 Å². The smallest absolute Gasteiger partial charge is 0.433 e. The zero-order valence-electron chi connectivity index (χ0n) is 19.6. The van der Waals surface area contributed by atoms with Crippen LogP contribution in [-0.4, -0.2) is 45.2 Å². The number of halogens is 3. The maximum absolute atomic E-state index is 13.5. The van der Waals surface area contributed by atoms with Gasteiger partial charge in [-0.25, -0.2) is 0 Å². The van der Waals surface area contributed by atoms with E-state index < -0.39 is 58.8 Å². The van der Waals surface area contributed by atoms with Crippen molar-refractivity contribution in [3.8, 4) is 5.75 Å². The van der Waals surface area contributed by atoms with Crippen molar-refractivity contribution in [3.05, 3.63) is 63.7 Å². The number of nitrogens with zero attached hydrogens (tertiary/aromatic N) is 2. The number of hydrogen-bond donors (Lipinski definition) is 3. The third-order valence-corrected chi connectivity index (χ3v) is 5.50. The Morgan fingerprint density at radius 1 is 1.22 bits per heavy atom. The molecule has 0 saturated carbocycles. The van der Waals surface area contributed by atoms with E-state index in [-0.39, 0.29) is 17.4 Å². The van der Waals surface area contributed by atoms with Gasteiger partial charge in [-0.2, -0.15) is 13.2 Å². The summed E-state index contributed by atoms with van der Waals surface area (Å²) in [5, 5.41) is 16.4.